The molecule has 2 aromatic heterocycles. The minimum absolute atomic E-state index is 0.176. The van der Waals surface area contributed by atoms with Crippen LogP contribution in [0.3, 0.4) is 0 Å². The fourth-order valence-electron chi connectivity index (χ4n) is 2.25. The van der Waals surface area contributed by atoms with Crippen LogP contribution in [-0.2, 0) is 0 Å². The summed E-state index contributed by atoms with van der Waals surface area (Å²) >= 11 is 6.03. The lowest BCUT2D eigenvalue weighted by molar-refractivity contribution is 0.112. The Bertz CT molecular complexity index is 862. The first-order valence-corrected chi connectivity index (χ1v) is 6.83. The van der Waals surface area contributed by atoms with E-state index < -0.39 is 0 Å². The average molecular weight is 298 g/mol. The van der Waals surface area contributed by atoms with Gasteiger partial charge in [-0.25, -0.2) is 9.97 Å². The molecule has 0 amide bonds. The molecule has 0 aliphatic rings. The number of aldehydes is 1. The smallest absolute Gasteiger partial charge is 0.155 e. The van der Waals surface area contributed by atoms with Gasteiger partial charge in [0.2, 0.25) is 0 Å². The lowest BCUT2D eigenvalue weighted by Gasteiger charge is -2.08. The second-order valence-electron chi connectivity index (χ2n) is 4.80. The number of pyridine rings is 1. The number of hydrogen-bond donors (Lipinski definition) is 0. The number of hydrogen-bond acceptors (Lipinski definition) is 4. The molecule has 0 saturated carbocycles. The molecule has 5 heteroatoms. The van der Waals surface area contributed by atoms with Crippen molar-refractivity contribution in [2.24, 2.45) is 0 Å². The summed E-state index contributed by atoms with van der Waals surface area (Å²) in [6.45, 7) is 3.70. The standard InChI is InChI=1S/C16H12ClN3O/c1-9-3-4-11-7-12(5-6-14(11)18-9)15-13(8-21)16(17)20-10(2)19-15/h3-8H,1-2H3. The molecular formula is C16H12ClN3O. The Balaban J connectivity index is 2.25. The molecule has 3 rings (SSSR count). The highest BCUT2D eigenvalue weighted by molar-refractivity contribution is 6.32. The molecule has 3 aromatic rings. The maximum atomic E-state index is 11.3. The van der Waals surface area contributed by atoms with Gasteiger partial charge in [0.15, 0.2) is 6.29 Å². The number of carbonyl (C=O) groups excluding carboxylic acids is 1. The fraction of sp³-hybridized carbons (Fsp3) is 0.125. The van der Waals surface area contributed by atoms with Gasteiger partial charge in [-0.05, 0) is 32.0 Å². The quantitative estimate of drug-likeness (QED) is 0.533. The minimum atomic E-state index is 0.176. The van der Waals surface area contributed by atoms with Gasteiger partial charge in [0.05, 0.1) is 16.8 Å². The number of aryl methyl sites for hydroxylation is 2. The molecular weight excluding hydrogens is 286 g/mol. The van der Waals surface area contributed by atoms with Crippen molar-refractivity contribution < 1.29 is 4.79 Å². The van der Waals surface area contributed by atoms with Crippen LogP contribution in [0.2, 0.25) is 5.15 Å². The van der Waals surface area contributed by atoms with Crippen molar-refractivity contribution in [2.75, 3.05) is 0 Å². The summed E-state index contributed by atoms with van der Waals surface area (Å²) in [6, 6.07) is 9.70. The van der Waals surface area contributed by atoms with E-state index >= 15 is 0 Å². The third-order valence-corrected chi connectivity index (χ3v) is 3.52. The molecule has 0 aliphatic heterocycles. The predicted octanol–water partition coefficient (Wildman–Crippen LogP) is 3.77. The molecule has 0 atom stereocenters. The number of halogens is 1. The second kappa shape index (κ2) is 5.22. The molecule has 0 fully saturated rings. The van der Waals surface area contributed by atoms with Crippen LogP contribution in [-0.4, -0.2) is 21.2 Å². The SMILES string of the molecule is Cc1ccc2cc(-c3nc(C)nc(Cl)c3C=O)ccc2n1. The molecule has 2 heterocycles. The summed E-state index contributed by atoms with van der Waals surface area (Å²) in [7, 11) is 0. The summed E-state index contributed by atoms with van der Waals surface area (Å²) in [5, 5.41) is 1.16. The lowest BCUT2D eigenvalue weighted by Crippen LogP contribution is -1.99. The van der Waals surface area contributed by atoms with Gasteiger partial charge >= 0.3 is 0 Å². The monoisotopic (exact) mass is 297 g/mol. The van der Waals surface area contributed by atoms with Crippen molar-refractivity contribution in [1.82, 2.24) is 15.0 Å². The molecule has 0 bridgehead atoms. The van der Waals surface area contributed by atoms with Crippen molar-refractivity contribution >= 4 is 28.8 Å². The van der Waals surface area contributed by atoms with Gasteiger partial charge in [0, 0.05) is 16.6 Å². The molecule has 0 unspecified atom stereocenters. The molecule has 4 nitrogen and oxygen atoms in total. The van der Waals surface area contributed by atoms with E-state index in [0.29, 0.717) is 23.4 Å². The van der Waals surface area contributed by atoms with Crippen molar-refractivity contribution in [2.45, 2.75) is 13.8 Å². The number of rotatable bonds is 2. The van der Waals surface area contributed by atoms with Crippen LogP contribution in [0.4, 0.5) is 0 Å². The maximum Gasteiger partial charge on any atom is 0.155 e. The van der Waals surface area contributed by atoms with E-state index in [1.165, 1.54) is 0 Å². The van der Waals surface area contributed by atoms with E-state index in [-0.39, 0.29) is 5.15 Å². The van der Waals surface area contributed by atoms with Crippen LogP contribution in [0.5, 0.6) is 0 Å². The Hall–Kier alpha value is -2.33. The highest BCUT2D eigenvalue weighted by Gasteiger charge is 2.13. The third-order valence-electron chi connectivity index (χ3n) is 3.23. The zero-order valence-corrected chi connectivity index (χ0v) is 12.3. The molecule has 0 spiro atoms. The second-order valence-corrected chi connectivity index (χ2v) is 5.16. The number of nitrogens with zero attached hydrogens (tertiary/aromatic N) is 3. The van der Waals surface area contributed by atoms with E-state index in [1.54, 1.807) is 6.92 Å². The third kappa shape index (κ3) is 2.50. The Morgan fingerprint density at radius 2 is 1.86 bits per heavy atom. The van der Waals surface area contributed by atoms with Crippen LogP contribution in [0.25, 0.3) is 22.2 Å². The summed E-state index contributed by atoms with van der Waals surface area (Å²) in [6.07, 6.45) is 0.689. The van der Waals surface area contributed by atoms with Crippen molar-refractivity contribution in [1.29, 1.82) is 0 Å². The summed E-state index contributed by atoms with van der Waals surface area (Å²) < 4.78 is 0. The van der Waals surface area contributed by atoms with Crippen LogP contribution < -0.4 is 0 Å². The van der Waals surface area contributed by atoms with Gasteiger partial charge in [-0.15, -0.1) is 0 Å². The Morgan fingerprint density at radius 3 is 2.62 bits per heavy atom. The van der Waals surface area contributed by atoms with E-state index in [1.807, 2.05) is 37.3 Å². The maximum absolute atomic E-state index is 11.3. The predicted molar refractivity (Wildman–Crippen MR) is 82.6 cm³/mol. The highest BCUT2D eigenvalue weighted by atomic mass is 35.5. The number of carbonyl (C=O) groups is 1. The van der Waals surface area contributed by atoms with E-state index in [0.717, 1.165) is 22.2 Å². The molecule has 0 N–H and O–H groups in total. The first-order chi connectivity index (χ1) is 10.1. The summed E-state index contributed by atoms with van der Waals surface area (Å²) in [5.74, 6) is 0.530. The Morgan fingerprint density at radius 1 is 1.05 bits per heavy atom. The van der Waals surface area contributed by atoms with Gasteiger partial charge in [-0.1, -0.05) is 23.7 Å². The minimum Gasteiger partial charge on any atom is -0.298 e. The zero-order valence-electron chi connectivity index (χ0n) is 11.6. The van der Waals surface area contributed by atoms with Gasteiger partial charge < -0.3 is 0 Å². The van der Waals surface area contributed by atoms with Crippen LogP contribution >= 0.6 is 11.6 Å². The topological polar surface area (TPSA) is 55.7 Å². The summed E-state index contributed by atoms with van der Waals surface area (Å²) in [4.78, 5) is 24.1. The number of fused-ring (bicyclic) bond motifs is 1. The first-order valence-electron chi connectivity index (χ1n) is 6.45. The zero-order chi connectivity index (χ0) is 15.0. The van der Waals surface area contributed by atoms with Crippen LogP contribution in [0.15, 0.2) is 30.3 Å². The van der Waals surface area contributed by atoms with Gasteiger partial charge in [0.1, 0.15) is 11.0 Å². The van der Waals surface area contributed by atoms with Gasteiger partial charge in [-0.3, -0.25) is 9.78 Å². The normalized spacial score (nSPS) is 10.8. The number of aromatic nitrogens is 3. The van der Waals surface area contributed by atoms with E-state index in [2.05, 4.69) is 15.0 Å². The first kappa shape index (κ1) is 13.6. The molecule has 0 radical (unpaired) electrons. The largest absolute Gasteiger partial charge is 0.298 e. The lowest BCUT2D eigenvalue weighted by atomic mass is 10.0. The average Bonchev–Trinajstić information content (AvgIpc) is 2.46. The molecule has 0 aliphatic carbocycles. The Labute approximate surface area is 126 Å². The molecule has 0 saturated heterocycles. The van der Waals surface area contributed by atoms with Gasteiger partial charge in [0.25, 0.3) is 0 Å². The van der Waals surface area contributed by atoms with E-state index in [4.69, 9.17) is 11.6 Å². The Kier molecular flexibility index (Phi) is 3.39. The van der Waals surface area contributed by atoms with Crippen molar-refractivity contribution in [3.05, 3.63) is 52.6 Å². The van der Waals surface area contributed by atoms with Crippen molar-refractivity contribution in [3.63, 3.8) is 0 Å². The van der Waals surface area contributed by atoms with E-state index in [9.17, 15) is 4.79 Å². The summed E-state index contributed by atoms with van der Waals surface area (Å²) in [5.41, 5.74) is 3.54. The fourth-order valence-corrected chi connectivity index (χ4v) is 2.50. The molecule has 21 heavy (non-hydrogen) atoms. The highest BCUT2D eigenvalue weighted by Crippen LogP contribution is 2.27. The number of benzene rings is 1. The molecule has 104 valence electrons. The van der Waals surface area contributed by atoms with Gasteiger partial charge in [-0.2, -0.15) is 0 Å². The van der Waals surface area contributed by atoms with Crippen molar-refractivity contribution in [3.8, 4) is 11.3 Å². The van der Waals surface area contributed by atoms with Crippen LogP contribution in [0, 0.1) is 13.8 Å². The molecule has 1 aromatic carbocycles. The van der Waals surface area contributed by atoms with Crippen LogP contribution in [0.1, 0.15) is 21.9 Å².